The van der Waals surface area contributed by atoms with Crippen LogP contribution < -0.4 is 5.32 Å². The summed E-state index contributed by atoms with van der Waals surface area (Å²) in [5.41, 5.74) is 0.976. The Kier molecular flexibility index (Phi) is 5.71. The van der Waals surface area contributed by atoms with Crippen molar-refractivity contribution in [3.63, 3.8) is 0 Å². The van der Waals surface area contributed by atoms with E-state index in [0.717, 1.165) is 5.56 Å². The van der Waals surface area contributed by atoms with Gasteiger partial charge >= 0.3 is 0 Å². The van der Waals surface area contributed by atoms with Gasteiger partial charge in [-0.05, 0) is 38.6 Å². The maximum absolute atomic E-state index is 11.5. The summed E-state index contributed by atoms with van der Waals surface area (Å²) in [5, 5.41) is 2.75. The van der Waals surface area contributed by atoms with Crippen molar-refractivity contribution in [2.45, 2.75) is 24.8 Å². The molecule has 1 aromatic carbocycles. The minimum absolute atomic E-state index is 0.0189. The molecule has 0 saturated heterocycles. The molecule has 0 saturated carbocycles. The van der Waals surface area contributed by atoms with Gasteiger partial charge in [-0.2, -0.15) is 0 Å². The number of nitrogens with zero attached hydrogens (tertiary/aromatic N) is 1. The van der Waals surface area contributed by atoms with Crippen LogP contribution in [0, 0.1) is 0 Å². The van der Waals surface area contributed by atoms with Gasteiger partial charge in [-0.25, -0.2) is 8.42 Å². The molecule has 20 heavy (non-hydrogen) atoms. The van der Waals surface area contributed by atoms with E-state index in [1.165, 1.54) is 6.26 Å². The van der Waals surface area contributed by atoms with Crippen molar-refractivity contribution < 1.29 is 13.2 Å². The van der Waals surface area contributed by atoms with Crippen molar-refractivity contribution in [2.75, 3.05) is 26.4 Å². The molecule has 1 amide bonds. The SMILES string of the molecule is CCNC(=O)CN(C)C(C)c1ccc(S(C)(=O)=O)cc1. The number of hydrogen-bond acceptors (Lipinski definition) is 4. The molecule has 6 heteroatoms. The monoisotopic (exact) mass is 298 g/mol. The smallest absolute Gasteiger partial charge is 0.234 e. The molecule has 1 N–H and O–H groups in total. The summed E-state index contributed by atoms with van der Waals surface area (Å²) in [6.07, 6.45) is 1.19. The van der Waals surface area contributed by atoms with Gasteiger partial charge in [-0.1, -0.05) is 12.1 Å². The van der Waals surface area contributed by atoms with Crippen LogP contribution in [0.15, 0.2) is 29.2 Å². The van der Waals surface area contributed by atoms with Gasteiger partial charge in [0.2, 0.25) is 5.91 Å². The first-order chi connectivity index (χ1) is 9.25. The fourth-order valence-corrected chi connectivity index (χ4v) is 2.50. The predicted molar refractivity (Wildman–Crippen MR) is 79.3 cm³/mol. The number of carbonyl (C=O) groups is 1. The van der Waals surface area contributed by atoms with Crippen molar-refractivity contribution in [2.24, 2.45) is 0 Å². The first-order valence-electron chi connectivity index (χ1n) is 6.52. The molecule has 112 valence electrons. The maximum atomic E-state index is 11.5. The molecule has 0 aromatic heterocycles. The van der Waals surface area contributed by atoms with Gasteiger partial charge in [0, 0.05) is 18.8 Å². The lowest BCUT2D eigenvalue weighted by Crippen LogP contribution is -2.36. The zero-order valence-corrected chi connectivity index (χ0v) is 13.2. The molecule has 0 aliphatic rings. The van der Waals surface area contributed by atoms with E-state index < -0.39 is 9.84 Å². The van der Waals surface area contributed by atoms with Crippen molar-refractivity contribution >= 4 is 15.7 Å². The van der Waals surface area contributed by atoms with E-state index in [2.05, 4.69) is 5.32 Å². The fraction of sp³-hybridized carbons (Fsp3) is 0.500. The van der Waals surface area contributed by atoms with Gasteiger partial charge in [0.05, 0.1) is 11.4 Å². The van der Waals surface area contributed by atoms with E-state index >= 15 is 0 Å². The molecule has 0 spiro atoms. The molecule has 1 rings (SSSR count). The van der Waals surface area contributed by atoms with Gasteiger partial charge in [-0.15, -0.1) is 0 Å². The molecule has 0 fully saturated rings. The zero-order chi connectivity index (χ0) is 15.3. The number of likely N-dealkylation sites (N-methyl/N-ethyl adjacent to an activating group) is 2. The second-order valence-electron chi connectivity index (χ2n) is 4.89. The number of rotatable bonds is 6. The van der Waals surface area contributed by atoms with Crippen LogP contribution in [0.25, 0.3) is 0 Å². The summed E-state index contributed by atoms with van der Waals surface area (Å²) >= 11 is 0. The van der Waals surface area contributed by atoms with Crippen LogP contribution >= 0.6 is 0 Å². The summed E-state index contributed by atoms with van der Waals surface area (Å²) in [6.45, 7) is 4.78. The average Bonchev–Trinajstić information content (AvgIpc) is 2.37. The van der Waals surface area contributed by atoms with Crippen molar-refractivity contribution in [1.29, 1.82) is 0 Å². The Balaban J connectivity index is 2.77. The van der Waals surface area contributed by atoms with Crippen LogP contribution in [0.2, 0.25) is 0 Å². The standard InChI is InChI=1S/C14H22N2O3S/c1-5-15-14(17)10-16(3)11(2)12-6-8-13(9-7-12)20(4,18)19/h6-9,11H,5,10H2,1-4H3,(H,15,17). The lowest BCUT2D eigenvalue weighted by atomic mass is 10.1. The number of amides is 1. The normalized spacial score (nSPS) is 13.2. The Labute approximate surface area is 120 Å². The Morgan fingerprint density at radius 1 is 1.30 bits per heavy atom. The predicted octanol–water partition coefficient (Wildman–Crippen LogP) is 1.22. The molecule has 1 atom stereocenters. The lowest BCUT2D eigenvalue weighted by Gasteiger charge is -2.24. The van der Waals surface area contributed by atoms with Gasteiger partial charge in [0.15, 0.2) is 9.84 Å². The molecule has 0 radical (unpaired) electrons. The highest BCUT2D eigenvalue weighted by Crippen LogP contribution is 2.20. The molecule has 0 bridgehead atoms. The second kappa shape index (κ2) is 6.85. The summed E-state index contributed by atoms with van der Waals surface area (Å²) in [7, 11) is -1.30. The quantitative estimate of drug-likeness (QED) is 0.857. The molecule has 1 unspecified atom stereocenters. The maximum Gasteiger partial charge on any atom is 0.234 e. The summed E-state index contributed by atoms with van der Waals surface area (Å²) in [4.78, 5) is 13.8. The van der Waals surface area contributed by atoms with Crippen LogP contribution in [0.3, 0.4) is 0 Å². The lowest BCUT2D eigenvalue weighted by molar-refractivity contribution is -0.122. The minimum atomic E-state index is -3.17. The Morgan fingerprint density at radius 3 is 2.30 bits per heavy atom. The van der Waals surface area contributed by atoms with E-state index in [1.54, 1.807) is 24.3 Å². The van der Waals surface area contributed by atoms with E-state index in [-0.39, 0.29) is 11.9 Å². The van der Waals surface area contributed by atoms with Gasteiger partial charge in [0.25, 0.3) is 0 Å². The zero-order valence-electron chi connectivity index (χ0n) is 12.4. The third kappa shape index (κ3) is 4.61. The van der Waals surface area contributed by atoms with E-state index in [4.69, 9.17) is 0 Å². The summed E-state index contributed by atoms with van der Waals surface area (Å²) < 4.78 is 22.8. The molecular formula is C14H22N2O3S. The van der Waals surface area contributed by atoms with Gasteiger partial charge in [-0.3, -0.25) is 9.69 Å². The van der Waals surface area contributed by atoms with Crippen LogP contribution in [-0.4, -0.2) is 45.6 Å². The van der Waals surface area contributed by atoms with Crippen LogP contribution in [0.4, 0.5) is 0 Å². The first-order valence-corrected chi connectivity index (χ1v) is 8.41. The van der Waals surface area contributed by atoms with Gasteiger partial charge < -0.3 is 5.32 Å². The summed E-state index contributed by atoms with van der Waals surface area (Å²) in [5.74, 6) is -0.0189. The second-order valence-corrected chi connectivity index (χ2v) is 6.90. The molecule has 0 aliphatic carbocycles. The van der Waals surface area contributed by atoms with E-state index in [0.29, 0.717) is 18.0 Å². The number of sulfone groups is 1. The van der Waals surface area contributed by atoms with Crippen molar-refractivity contribution in [3.8, 4) is 0 Å². The molecule has 1 aromatic rings. The Morgan fingerprint density at radius 2 is 1.85 bits per heavy atom. The molecular weight excluding hydrogens is 276 g/mol. The number of hydrogen-bond donors (Lipinski definition) is 1. The Hall–Kier alpha value is -1.40. The fourth-order valence-electron chi connectivity index (χ4n) is 1.86. The highest BCUT2D eigenvalue weighted by atomic mass is 32.2. The molecule has 0 aliphatic heterocycles. The van der Waals surface area contributed by atoms with Crippen molar-refractivity contribution in [1.82, 2.24) is 10.2 Å². The third-order valence-corrected chi connectivity index (χ3v) is 4.35. The Bertz CT molecular complexity index is 552. The first kappa shape index (κ1) is 16.7. The van der Waals surface area contributed by atoms with Gasteiger partial charge in [0.1, 0.15) is 0 Å². The largest absolute Gasteiger partial charge is 0.355 e. The average molecular weight is 298 g/mol. The molecule has 0 heterocycles. The number of carbonyl (C=O) groups excluding carboxylic acids is 1. The van der Waals surface area contributed by atoms with Crippen LogP contribution in [0.5, 0.6) is 0 Å². The highest BCUT2D eigenvalue weighted by Gasteiger charge is 2.15. The summed E-state index contributed by atoms with van der Waals surface area (Å²) in [6, 6.07) is 6.80. The van der Waals surface area contributed by atoms with Crippen LogP contribution in [0.1, 0.15) is 25.5 Å². The number of nitrogens with one attached hydrogen (secondary N) is 1. The third-order valence-electron chi connectivity index (χ3n) is 3.22. The van der Waals surface area contributed by atoms with E-state index in [9.17, 15) is 13.2 Å². The van der Waals surface area contributed by atoms with E-state index in [1.807, 2.05) is 25.8 Å². The minimum Gasteiger partial charge on any atom is -0.355 e. The van der Waals surface area contributed by atoms with Crippen LogP contribution in [-0.2, 0) is 14.6 Å². The van der Waals surface area contributed by atoms with Crippen molar-refractivity contribution in [3.05, 3.63) is 29.8 Å². The molecule has 5 nitrogen and oxygen atoms in total. The number of benzene rings is 1. The topological polar surface area (TPSA) is 66.5 Å². The highest BCUT2D eigenvalue weighted by molar-refractivity contribution is 7.90.